The zero-order valence-electron chi connectivity index (χ0n) is 12.3. The molecule has 2 heterocycles. The number of amides is 1. The zero-order valence-corrected chi connectivity index (χ0v) is 13.9. The van der Waals surface area contributed by atoms with Crippen LogP contribution in [0, 0.1) is 20.8 Å². The van der Waals surface area contributed by atoms with Gasteiger partial charge in [-0.3, -0.25) is 14.8 Å². The molecule has 0 unspecified atom stereocenters. The minimum Gasteiger partial charge on any atom is -0.298 e. The standard InChI is InChI=1S/C13H18N4OS2/c1-6-17-9(4)10(7(2)16-17)11(18)15-13-14-8(3)12(19-5)20-13/h6H2,1-5H3,(H,14,15,18). The van der Waals surface area contributed by atoms with E-state index in [1.54, 1.807) is 11.8 Å². The number of hydrogen-bond donors (Lipinski definition) is 1. The van der Waals surface area contributed by atoms with Gasteiger partial charge in [-0.1, -0.05) is 11.3 Å². The first-order chi connectivity index (χ1) is 9.47. The molecule has 0 aliphatic carbocycles. The summed E-state index contributed by atoms with van der Waals surface area (Å²) in [6.07, 6.45) is 2.01. The molecule has 0 atom stereocenters. The Morgan fingerprint density at radius 3 is 2.55 bits per heavy atom. The van der Waals surface area contributed by atoms with Gasteiger partial charge < -0.3 is 0 Å². The number of aryl methyl sites for hydroxylation is 3. The van der Waals surface area contributed by atoms with Crippen molar-refractivity contribution in [2.75, 3.05) is 11.6 Å². The van der Waals surface area contributed by atoms with E-state index in [0.29, 0.717) is 10.7 Å². The van der Waals surface area contributed by atoms with Crippen LogP contribution >= 0.6 is 23.1 Å². The molecule has 0 radical (unpaired) electrons. The Labute approximate surface area is 126 Å². The Kier molecular flexibility index (Phi) is 4.49. The van der Waals surface area contributed by atoms with Crippen LogP contribution in [0.15, 0.2) is 4.21 Å². The van der Waals surface area contributed by atoms with Crippen LogP contribution in [0.3, 0.4) is 0 Å². The lowest BCUT2D eigenvalue weighted by Gasteiger charge is -2.02. The minimum atomic E-state index is -0.138. The van der Waals surface area contributed by atoms with E-state index in [4.69, 9.17) is 0 Å². The lowest BCUT2D eigenvalue weighted by atomic mass is 10.2. The van der Waals surface area contributed by atoms with Crippen LogP contribution in [0.4, 0.5) is 5.13 Å². The number of thiazole rings is 1. The van der Waals surface area contributed by atoms with Gasteiger partial charge in [0.1, 0.15) is 0 Å². The van der Waals surface area contributed by atoms with E-state index >= 15 is 0 Å². The van der Waals surface area contributed by atoms with Crippen molar-refractivity contribution in [1.29, 1.82) is 0 Å². The summed E-state index contributed by atoms with van der Waals surface area (Å²) in [4.78, 5) is 16.8. The van der Waals surface area contributed by atoms with E-state index < -0.39 is 0 Å². The molecule has 7 heteroatoms. The maximum Gasteiger partial charge on any atom is 0.261 e. The lowest BCUT2D eigenvalue weighted by Crippen LogP contribution is -2.14. The van der Waals surface area contributed by atoms with Crippen molar-refractivity contribution in [2.45, 2.75) is 38.4 Å². The molecule has 0 saturated heterocycles. The predicted molar refractivity (Wildman–Crippen MR) is 84.0 cm³/mol. The Morgan fingerprint density at radius 1 is 1.35 bits per heavy atom. The van der Waals surface area contributed by atoms with Gasteiger partial charge in [0.25, 0.3) is 5.91 Å². The van der Waals surface area contributed by atoms with Crippen LogP contribution in [0.5, 0.6) is 0 Å². The molecule has 0 spiro atoms. The summed E-state index contributed by atoms with van der Waals surface area (Å²) in [6, 6.07) is 0. The van der Waals surface area contributed by atoms with Crippen LogP contribution in [-0.4, -0.2) is 26.9 Å². The molecule has 0 aromatic carbocycles. The van der Waals surface area contributed by atoms with Gasteiger partial charge in [0.2, 0.25) is 0 Å². The maximum absolute atomic E-state index is 12.4. The highest BCUT2D eigenvalue weighted by molar-refractivity contribution is 8.00. The first-order valence-electron chi connectivity index (χ1n) is 6.34. The van der Waals surface area contributed by atoms with Crippen molar-refractivity contribution in [3.05, 3.63) is 22.6 Å². The fourth-order valence-corrected chi connectivity index (χ4v) is 3.72. The van der Waals surface area contributed by atoms with Crippen molar-refractivity contribution in [2.24, 2.45) is 0 Å². The average Bonchev–Trinajstić information content (AvgIpc) is 2.89. The monoisotopic (exact) mass is 310 g/mol. The molecule has 108 valence electrons. The summed E-state index contributed by atoms with van der Waals surface area (Å²) in [7, 11) is 0. The number of aromatic nitrogens is 3. The molecular formula is C13H18N4OS2. The molecule has 0 aliphatic heterocycles. The molecule has 0 aliphatic rings. The van der Waals surface area contributed by atoms with Gasteiger partial charge in [-0.25, -0.2) is 4.98 Å². The van der Waals surface area contributed by atoms with E-state index in [2.05, 4.69) is 15.4 Å². The van der Waals surface area contributed by atoms with Crippen molar-refractivity contribution >= 4 is 34.1 Å². The normalized spacial score (nSPS) is 10.8. The summed E-state index contributed by atoms with van der Waals surface area (Å²) in [5.41, 5.74) is 3.24. The highest BCUT2D eigenvalue weighted by atomic mass is 32.2. The second-order valence-electron chi connectivity index (χ2n) is 4.41. The van der Waals surface area contributed by atoms with Gasteiger partial charge >= 0.3 is 0 Å². The third kappa shape index (κ3) is 2.73. The number of thioether (sulfide) groups is 1. The highest BCUT2D eigenvalue weighted by Gasteiger charge is 2.19. The number of carbonyl (C=O) groups excluding carboxylic acids is 1. The number of anilines is 1. The lowest BCUT2D eigenvalue weighted by molar-refractivity contribution is 0.102. The molecule has 2 aromatic heterocycles. The smallest absolute Gasteiger partial charge is 0.261 e. The van der Waals surface area contributed by atoms with E-state index in [0.717, 1.165) is 27.8 Å². The van der Waals surface area contributed by atoms with Crippen molar-refractivity contribution in [3.8, 4) is 0 Å². The summed E-state index contributed by atoms with van der Waals surface area (Å²) >= 11 is 3.14. The molecule has 1 N–H and O–H groups in total. The average molecular weight is 310 g/mol. The second kappa shape index (κ2) is 5.97. The van der Waals surface area contributed by atoms with Crippen LogP contribution in [0.1, 0.15) is 34.4 Å². The van der Waals surface area contributed by atoms with Crippen molar-refractivity contribution in [1.82, 2.24) is 14.8 Å². The molecule has 1 amide bonds. The number of nitrogens with one attached hydrogen (secondary N) is 1. The highest BCUT2D eigenvalue weighted by Crippen LogP contribution is 2.30. The number of rotatable bonds is 4. The van der Waals surface area contributed by atoms with Crippen LogP contribution in [-0.2, 0) is 6.54 Å². The number of carbonyl (C=O) groups is 1. The van der Waals surface area contributed by atoms with Crippen LogP contribution in [0.2, 0.25) is 0 Å². The summed E-state index contributed by atoms with van der Waals surface area (Å²) < 4.78 is 2.96. The molecule has 20 heavy (non-hydrogen) atoms. The molecule has 0 bridgehead atoms. The van der Waals surface area contributed by atoms with Gasteiger partial charge in [-0.15, -0.1) is 11.8 Å². The SMILES string of the molecule is CCn1nc(C)c(C(=O)Nc2nc(C)c(SC)s2)c1C. The molecule has 2 rings (SSSR count). The topological polar surface area (TPSA) is 59.8 Å². The fraction of sp³-hybridized carbons (Fsp3) is 0.462. The Hall–Kier alpha value is -1.34. The largest absolute Gasteiger partial charge is 0.298 e. The fourth-order valence-electron chi connectivity index (χ4n) is 2.12. The third-order valence-corrected chi connectivity index (χ3v) is 5.35. The van der Waals surface area contributed by atoms with E-state index in [1.165, 1.54) is 11.3 Å². The second-order valence-corrected chi connectivity index (χ2v) is 6.49. The molecule has 5 nitrogen and oxygen atoms in total. The maximum atomic E-state index is 12.4. The van der Waals surface area contributed by atoms with E-state index in [9.17, 15) is 4.79 Å². The van der Waals surface area contributed by atoms with Crippen molar-refractivity contribution in [3.63, 3.8) is 0 Å². The Morgan fingerprint density at radius 2 is 2.05 bits per heavy atom. The molecular weight excluding hydrogens is 292 g/mol. The molecule has 0 fully saturated rings. The zero-order chi connectivity index (χ0) is 14.9. The van der Waals surface area contributed by atoms with Crippen molar-refractivity contribution < 1.29 is 4.79 Å². The van der Waals surface area contributed by atoms with Gasteiger partial charge in [-0.2, -0.15) is 5.10 Å². The van der Waals surface area contributed by atoms with Gasteiger partial charge in [0.15, 0.2) is 5.13 Å². The van der Waals surface area contributed by atoms with Gasteiger partial charge in [0.05, 0.1) is 21.2 Å². The van der Waals surface area contributed by atoms with Gasteiger partial charge in [0, 0.05) is 12.2 Å². The first kappa shape index (κ1) is 15.1. The van der Waals surface area contributed by atoms with Crippen LogP contribution < -0.4 is 5.32 Å². The molecule has 2 aromatic rings. The minimum absolute atomic E-state index is 0.138. The van der Waals surface area contributed by atoms with Crippen LogP contribution in [0.25, 0.3) is 0 Å². The molecule has 0 saturated carbocycles. The summed E-state index contributed by atoms with van der Waals surface area (Å²) in [5.74, 6) is -0.138. The quantitative estimate of drug-likeness (QED) is 0.881. The van der Waals surface area contributed by atoms with Gasteiger partial charge in [-0.05, 0) is 34.0 Å². The Bertz CT molecular complexity index is 645. The third-order valence-electron chi connectivity index (χ3n) is 3.07. The summed E-state index contributed by atoms with van der Waals surface area (Å²) in [6.45, 7) is 8.49. The van der Waals surface area contributed by atoms with E-state index in [1.807, 2.05) is 38.6 Å². The number of nitrogens with zero attached hydrogens (tertiary/aromatic N) is 3. The summed E-state index contributed by atoms with van der Waals surface area (Å²) in [5, 5.41) is 7.88. The number of hydrogen-bond acceptors (Lipinski definition) is 5. The Balaban J connectivity index is 2.26. The first-order valence-corrected chi connectivity index (χ1v) is 8.38. The van der Waals surface area contributed by atoms with E-state index in [-0.39, 0.29) is 5.91 Å². The predicted octanol–water partition coefficient (Wildman–Crippen LogP) is 3.26.